The van der Waals surface area contributed by atoms with E-state index in [9.17, 15) is 10.2 Å². The van der Waals surface area contributed by atoms with E-state index < -0.39 is 12.2 Å². The highest BCUT2D eigenvalue weighted by Gasteiger charge is 2.39. The Kier molecular flexibility index (Phi) is 10.3. The molecule has 0 spiro atoms. The third-order valence-electron chi connectivity index (χ3n) is 4.67. The van der Waals surface area contributed by atoms with Crippen molar-refractivity contribution < 1.29 is 15.3 Å². The van der Waals surface area contributed by atoms with Crippen LogP contribution in [0.1, 0.15) is 77.6 Å². The number of aliphatic hydroxyl groups is 3. The third kappa shape index (κ3) is 7.09. The Balaban J connectivity index is 1.93. The summed E-state index contributed by atoms with van der Waals surface area (Å²) >= 11 is 0. The Labute approximate surface area is 130 Å². The van der Waals surface area contributed by atoms with E-state index in [2.05, 4.69) is 12.2 Å². The molecule has 1 aliphatic rings. The average Bonchev–Trinajstić information content (AvgIpc) is 2.77. The molecule has 0 aromatic rings. The van der Waals surface area contributed by atoms with Crippen LogP contribution in [0.4, 0.5) is 0 Å². The molecule has 4 nitrogen and oxygen atoms in total. The maximum absolute atomic E-state index is 9.88. The summed E-state index contributed by atoms with van der Waals surface area (Å²) in [6.07, 6.45) is 12.3. The number of nitrogens with one attached hydrogen (secondary N) is 1. The molecule has 21 heavy (non-hydrogen) atoms. The van der Waals surface area contributed by atoms with Gasteiger partial charge in [-0.05, 0) is 6.42 Å². The second kappa shape index (κ2) is 11.4. The first-order chi connectivity index (χ1) is 10.2. The van der Waals surface area contributed by atoms with E-state index >= 15 is 0 Å². The van der Waals surface area contributed by atoms with Crippen molar-refractivity contribution in [2.45, 2.75) is 102 Å². The number of aliphatic hydroxyl groups excluding tert-OH is 3. The zero-order valence-electron chi connectivity index (χ0n) is 13.6. The van der Waals surface area contributed by atoms with Crippen molar-refractivity contribution in [3.05, 3.63) is 0 Å². The fourth-order valence-corrected chi connectivity index (χ4v) is 3.21. The van der Waals surface area contributed by atoms with E-state index in [1.807, 2.05) is 0 Å². The van der Waals surface area contributed by atoms with Gasteiger partial charge in [0, 0.05) is 6.04 Å². The molecule has 0 unspecified atom stereocenters. The summed E-state index contributed by atoms with van der Waals surface area (Å²) in [5.41, 5.74) is 0. The fourth-order valence-electron chi connectivity index (χ4n) is 3.21. The molecular weight excluding hydrogens is 266 g/mol. The summed E-state index contributed by atoms with van der Waals surface area (Å²) in [7, 11) is 0. The van der Waals surface area contributed by atoms with Crippen molar-refractivity contribution in [3.63, 3.8) is 0 Å². The average molecular weight is 301 g/mol. The monoisotopic (exact) mass is 301 g/mol. The maximum atomic E-state index is 9.88. The highest BCUT2D eigenvalue weighted by Crippen LogP contribution is 2.19. The molecule has 0 radical (unpaired) electrons. The Hall–Kier alpha value is -0.160. The van der Waals surface area contributed by atoms with Crippen LogP contribution in [0.15, 0.2) is 0 Å². The molecule has 1 rings (SSSR count). The number of rotatable bonds is 12. The first kappa shape index (κ1) is 18.9. The van der Waals surface area contributed by atoms with Crippen LogP contribution in [0.5, 0.6) is 0 Å². The van der Waals surface area contributed by atoms with Gasteiger partial charge in [-0.15, -0.1) is 0 Å². The smallest absolute Gasteiger partial charge is 0.0989 e. The maximum Gasteiger partial charge on any atom is 0.0989 e. The van der Waals surface area contributed by atoms with Crippen molar-refractivity contribution in [2.75, 3.05) is 6.61 Å². The fraction of sp³-hybridized carbons (Fsp3) is 1.00. The van der Waals surface area contributed by atoms with Crippen molar-refractivity contribution in [1.82, 2.24) is 5.32 Å². The van der Waals surface area contributed by atoms with Crippen LogP contribution in [-0.2, 0) is 0 Å². The molecule has 0 bridgehead atoms. The van der Waals surface area contributed by atoms with Gasteiger partial charge in [0.25, 0.3) is 0 Å². The molecule has 1 saturated heterocycles. The summed E-state index contributed by atoms with van der Waals surface area (Å²) < 4.78 is 0. The molecule has 4 atom stereocenters. The van der Waals surface area contributed by atoms with Crippen LogP contribution in [-0.4, -0.2) is 46.2 Å². The first-order valence-electron chi connectivity index (χ1n) is 8.93. The zero-order valence-corrected chi connectivity index (χ0v) is 13.6. The molecule has 126 valence electrons. The Morgan fingerprint density at radius 3 is 1.67 bits per heavy atom. The first-order valence-corrected chi connectivity index (χ1v) is 8.93. The number of unbranched alkanes of at least 4 members (excludes halogenated alkanes) is 9. The van der Waals surface area contributed by atoms with Gasteiger partial charge in [-0.1, -0.05) is 71.1 Å². The lowest BCUT2D eigenvalue weighted by atomic mass is 10.0. The summed E-state index contributed by atoms with van der Waals surface area (Å²) in [5.74, 6) is 0. The van der Waals surface area contributed by atoms with E-state index in [0.717, 1.165) is 12.8 Å². The van der Waals surface area contributed by atoms with Crippen LogP contribution in [0.25, 0.3) is 0 Å². The molecule has 0 saturated carbocycles. The van der Waals surface area contributed by atoms with Crippen molar-refractivity contribution >= 4 is 0 Å². The van der Waals surface area contributed by atoms with Crippen LogP contribution < -0.4 is 5.32 Å². The van der Waals surface area contributed by atoms with Gasteiger partial charge in [-0.2, -0.15) is 0 Å². The van der Waals surface area contributed by atoms with E-state index in [1.165, 1.54) is 57.8 Å². The van der Waals surface area contributed by atoms with E-state index in [-0.39, 0.29) is 18.7 Å². The molecule has 1 fully saturated rings. The predicted octanol–water partition coefficient (Wildman–Crippen LogP) is 2.35. The number of hydrogen-bond acceptors (Lipinski definition) is 4. The molecule has 1 aliphatic heterocycles. The standard InChI is InChI=1S/C17H35NO3/c1-2-3-4-5-6-7-8-9-10-11-12-14-16(20)17(21)15(13-19)18-14/h14-21H,2-13H2,1H3/t14-,15-,16-,17-/m0/s1. The van der Waals surface area contributed by atoms with E-state index in [0.29, 0.717) is 0 Å². The molecule has 1 heterocycles. The SMILES string of the molecule is CCCCCCCCCCCC[C@@H]1N[C@@H](CO)[C@H](O)[C@H]1O. The second-order valence-corrected chi connectivity index (χ2v) is 6.51. The lowest BCUT2D eigenvalue weighted by Gasteiger charge is -2.15. The summed E-state index contributed by atoms with van der Waals surface area (Å²) in [6, 6.07) is -0.431. The lowest BCUT2D eigenvalue weighted by molar-refractivity contribution is 0.0186. The largest absolute Gasteiger partial charge is 0.395 e. The summed E-state index contributed by atoms with van der Waals surface area (Å²) in [4.78, 5) is 0. The van der Waals surface area contributed by atoms with Gasteiger partial charge in [0.1, 0.15) is 0 Å². The molecule has 4 heteroatoms. The quantitative estimate of drug-likeness (QED) is 0.418. The normalized spacial score (nSPS) is 29.1. The molecule has 0 aromatic carbocycles. The topological polar surface area (TPSA) is 72.7 Å². The van der Waals surface area contributed by atoms with Gasteiger partial charge in [0.2, 0.25) is 0 Å². The molecule has 0 amide bonds. The van der Waals surface area contributed by atoms with Crippen LogP contribution >= 0.6 is 0 Å². The third-order valence-corrected chi connectivity index (χ3v) is 4.67. The Bertz CT molecular complexity index is 250. The van der Waals surface area contributed by atoms with Gasteiger partial charge in [-0.25, -0.2) is 0 Å². The van der Waals surface area contributed by atoms with E-state index in [4.69, 9.17) is 5.11 Å². The summed E-state index contributed by atoms with van der Waals surface area (Å²) in [6.45, 7) is 2.13. The van der Waals surface area contributed by atoms with Crippen molar-refractivity contribution in [1.29, 1.82) is 0 Å². The van der Waals surface area contributed by atoms with Crippen LogP contribution in [0.3, 0.4) is 0 Å². The van der Waals surface area contributed by atoms with Gasteiger partial charge < -0.3 is 20.6 Å². The van der Waals surface area contributed by atoms with Gasteiger partial charge in [0.05, 0.1) is 24.9 Å². The van der Waals surface area contributed by atoms with Crippen molar-refractivity contribution in [2.24, 2.45) is 0 Å². The van der Waals surface area contributed by atoms with Crippen LogP contribution in [0.2, 0.25) is 0 Å². The van der Waals surface area contributed by atoms with Gasteiger partial charge >= 0.3 is 0 Å². The van der Waals surface area contributed by atoms with E-state index in [1.54, 1.807) is 0 Å². The minimum absolute atomic E-state index is 0.0637. The van der Waals surface area contributed by atoms with Gasteiger partial charge in [-0.3, -0.25) is 0 Å². The number of hydrogen-bond donors (Lipinski definition) is 4. The zero-order chi connectivity index (χ0) is 15.5. The Morgan fingerprint density at radius 2 is 1.19 bits per heavy atom. The minimum Gasteiger partial charge on any atom is -0.395 e. The highest BCUT2D eigenvalue weighted by atomic mass is 16.3. The summed E-state index contributed by atoms with van der Waals surface area (Å²) in [5, 5.41) is 31.8. The molecule has 4 N–H and O–H groups in total. The predicted molar refractivity (Wildman–Crippen MR) is 86.3 cm³/mol. The second-order valence-electron chi connectivity index (χ2n) is 6.51. The molecular formula is C17H35NO3. The lowest BCUT2D eigenvalue weighted by Crippen LogP contribution is -2.36. The minimum atomic E-state index is -0.830. The van der Waals surface area contributed by atoms with Gasteiger partial charge in [0.15, 0.2) is 0 Å². The highest BCUT2D eigenvalue weighted by molar-refractivity contribution is 4.97. The van der Waals surface area contributed by atoms with Crippen molar-refractivity contribution in [3.8, 4) is 0 Å². The molecule has 0 aliphatic carbocycles. The Morgan fingerprint density at radius 1 is 0.714 bits per heavy atom. The molecule has 0 aromatic heterocycles. The van der Waals surface area contributed by atoms with Crippen LogP contribution in [0, 0.1) is 0 Å².